The molecule has 0 radical (unpaired) electrons. The molecule has 0 aromatic rings. The molecule has 0 spiro atoms. The topological polar surface area (TPSA) is 88.4 Å². The van der Waals surface area contributed by atoms with Crippen LogP contribution in [0.2, 0.25) is 0 Å². The van der Waals surface area contributed by atoms with Crippen molar-refractivity contribution in [3.8, 4) is 0 Å². The van der Waals surface area contributed by atoms with Gasteiger partial charge in [-0.05, 0) is 34.0 Å². The van der Waals surface area contributed by atoms with Crippen LogP contribution in [0.15, 0.2) is 12.2 Å². The summed E-state index contributed by atoms with van der Waals surface area (Å²) in [5, 5.41) is 9.24. The molecule has 0 saturated heterocycles. The van der Waals surface area contributed by atoms with E-state index in [2.05, 4.69) is 27.4 Å². The normalized spacial score (nSPS) is 11.2. The number of rotatable bonds is 7. The number of carbonyl (C=O) groups excluding carboxylic acids is 1. The third kappa shape index (κ3) is 3.96. The second kappa shape index (κ2) is 6.52. The summed E-state index contributed by atoms with van der Waals surface area (Å²) in [4.78, 5) is 15.1. The van der Waals surface area contributed by atoms with E-state index in [1.54, 1.807) is 0 Å². The summed E-state index contributed by atoms with van der Waals surface area (Å²) in [6.07, 6.45) is 1.13. The monoisotopic (exact) mass is 216 g/mol. The summed E-state index contributed by atoms with van der Waals surface area (Å²) in [5.41, 5.74) is 0.350. The van der Waals surface area contributed by atoms with Crippen LogP contribution in [-0.4, -0.2) is 32.9 Å². The largest absolute Gasteiger partial charge is 0.370 e. The molecule has 0 aliphatic heterocycles. The van der Waals surface area contributed by atoms with Crippen LogP contribution in [0.1, 0.15) is 12.8 Å². The van der Waals surface area contributed by atoms with Crippen LogP contribution in [0.4, 0.5) is 0 Å². The zero-order chi connectivity index (χ0) is 11.9. The van der Waals surface area contributed by atoms with Gasteiger partial charge in [-0.2, -0.15) is 5.90 Å². The minimum atomic E-state index is -0.577. The molecule has 0 saturated carbocycles. The van der Waals surface area contributed by atoms with Gasteiger partial charge in [-0.25, -0.2) is 4.79 Å². The van der Waals surface area contributed by atoms with Crippen molar-refractivity contribution in [1.82, 2.24) is 16.0 Å². The van der Waals surface area contributed by atoms with Crippen LogP contribution >= 0.6 is 0 Å². The van der Waals surface area contributed by atoms with Crippen molar-refractivity contribution in [2.45, 2.75) is 18.6 Å². The Morgan fingerprint density at radius 2 is 1.80 bits per heavy atom. The predicted molar refractivity (Wildman–Crippen MR) is 58.6 cm³/mol. The van der Waals surface area contributed by atoms with E-state index in [1.807, 2.05) is 21.1 Å². The Labute approximate surface area is 90.2 Å². The van der Waals surface area contributed by atoms with Gasteiger partial charge in [0.2, 0.25) is 0 Å². The quantitative estimate of drug-likeness (QED) is 0.249. The summed E-state index contributed by atoms with van der Waals surface area (Å²) >= 11 is 0. The van der Waals surface area contributed by atoms with Crippen LogP contribution in [0.25, 0.3) is 0 Å². The van der Waals surface area contributed by atoms with E-state index in [-0.39, 0.29) is 0 Å². The lowest BCUT2D eigenvalue weighted by atomic mass is 10.1. The Balaban J connectivity index is 4.22. The van der Waals surface area contributed by atoms with Crippen molar-refractivity contribution in [2.75, 3.05) is 21.1 Å². The molecule has 6 heteroatoms. The van der Waals surface area contributed by atoms with Gasteiger partial charge in [-0.1, -0.05) is 6.58 Å². The summed E-state index contributed by atoms with van der Waals surface area (Å²) in [6.45, 7) is 3.59. The Kier molecular flexibility index (Phi) is 6.11. The maximum atomic E-state index is 11.0. The molecule has 0 aromatic carbocycles. The van der Waals surface area contributed by atoms with E-state index < -0.39 is 11.8 Å². The third-order valence-electron chi connectivity index (χ3n) is 2.48. The van der Waals surface area contributed by atoms with Gasteiger partial charge < -0.3 is 4.84 Å². The van der Waals surface area contributed by atoms with Crippen LogP contribution in [0, 0.1) is 0 Å². The van der Waals surface area contributed by atoms with Gasteiger partial charge in [0.15, 0.2) is 0 Å². The van der Waals surface area contributed by atoms with Crippen LogP contribution in [0.5, 0.6) is 0 Å². The molecular weight excluding hydrogens is 196 g/mol. The predicted octanol–water partition coefficient (Wildman–Crippen LogP) is -0.948. The second-order valence-electron chi connectivity index (χ2n) is 3.16. The van der Waals surface area contributed by atoms with Gasteiger partial charge in [-0.3, -0.25) is 16.0 Å². The van der Waals surface area contributed by atoms with Gasteiger partial charge in [0.25, 0.3) is 0 Å². The van der Waals surface area contributed by atoms with Gasteiger partial charge in [-0.15, -0.1) is 0 Å². The van der Waals surface area contributed by atoms with Crippen molar-refractivity contribution in [3.05, 3.63) is 12.2 Å². The average Bonchev–Trinajstić information content (AvgIpc) is 2.30. The molecule has 0 aliphatic rings. The molecule has 88 valence electrons. The van der Waals surface area contributed by atoms with Gasteiger partial charge >= 0.3 is 5.97 Å². The van der Waals surface area contributed by atoms with Crippen LogP contribution in [0.3, 0.4) is 0 Å². The lowest BCUT2D eigenvalue weighted by molar-refractivity contribution is -0.139. The fraction of sp³-hybridized carbons (Fsp3) is 0.667. The minimum absolute atomic E-state index is 0.350. The van der Waals surface area contributed by atoms with E-state index in [0.29, 0.717) is 18.4 Å². The molecule has 0 heterocycles. The van der Waals surface area contributed by atoms with E-state index in [9.17, 15) is 4.79 Å². The van der Waals surface area contributed by atoms with Crippen molar-refractivity contribution in [3.63, 3.8) is 0 Å². The zero-order valence-corrected chi connectivity index (χ0v) is 9.52. The first-order chi connectivity index (χ1) is 7.05. The maximum absolute atomic E-state index is 11.0. The van der Waals surface area contributed by atoms with Gasteiger partial charge in [0, 0.05) is 5.57 Å². The number of nitrogens with two attached hydrogens (primary N) is 1. The lowest BCUT2D eigenvalue weighted by Gasteiger charge is -2.33. The highest BCUT2D eigenvalue weighted by Gasteiger charge is 2.24. The molecule has 15 heavy (non-hydrogen) atoms. The molecule has 0 unspecified atom stereocenters. The molecule has 0 atom stereocenters. The second-order valence-corrected chi connectivity index (χ2v) is 3.16. The highest BCUT2D eigenvalue weighted by atomic mass is 16.7. The summed E-state index contributed by atoms with van der Waals surface area (Å²) < 4.78 is 0. The van der Waals surface area contributed by atoms with Crippen molar-refractivity contribution in [2.24, 2.45) is 5.90 Å². The molecule has 0 rings (SSSR count). The smallest absolute Gasteiger partial charge is 0.351 e. The van der Waals surface area contributed by atoms with E-state index in [1.165, 1.54) is 0 Å². The molecule has 0 aliphatic carbocycles. The maximum Gasteiger partial charge on any atom is 0.351 e. The lowest BCUT2D eigenvalue weighted by Crippen LogP contribution is -2.63. The minimum Gasteiger partial charge on any atom is -0.370 e. The molecular formula is C9H20N4O2. The van der Waals surface area contributed by atoms with Crippen molar-refractivity contribution in [1.29, 1.82) is 0 Å². The average molecular weight is 216 g/mol. The Bertz CT molecular complexity index is 218. The summed E-state index contributed by atoms with van der Waals surface area (Å²) in [7, 11) is 5.45. The molecule has 0 amide bonds. The standard InChI is InChI=1S/C9H20N4O2/c1-7(8(14)15-10)5-6-9(11-2,12-3)13-4/h11-13H,1,5-6,10H2,2-4H3. The molecule has 0 fully saturated rings. The number of hydrogen-bond donors (Lipinski definition) is 4. The van der Waals surface area contributed by atoms with E-state index in [0.717, 1.165) is 0 Å². The highest BCUT2D eigenvalue weighted by molar-refractivity contribution is 5.87. The molecule has 6 nitrogen and oxygen atoms in total. The van der Waals surface area contributed by atoms with Crippen molar-refractivity contribution >= 4 is 5.97 Å². The number of carbonyl (C=O) groups is 1. The SMILES string of the molecule is C=C(CCC(NC)(NC)NC)C(=O)ON. The zero-order valence-electron chi connectivity index (χ0n) is 9.52. The van der Waals surface area contributed by atoms with Gasteiger partial charge in [0.1, 0.15) is 5.79 Å². The van der Waals surface area contributed by atoms with Crippen molar-refractivity contribution < 1.29 is 9.63 Å². The fourth-order valence-corrected chi connectivity index (χ4v) is 1.27. The fourth-order valence-electron chi connectivity index (χ4n) is 1.27. The Morgan fingerprint density at radius 3 is 2.13 bits per heavy atom. The van der Waals surface area contributed by atoms with E-state index in [4.69, 9.17) is 5.90 Å². The highest BCUT2D eigenvalue weighted by Crippen LogP contribution is 2.10. The number of nitrogens with one attached hydrogen (secondary N) is 3. The summed E-state index contributed by atoms with van der Waals surface area (Å²) in [6, 6.07) is 0. The van der Waals surface area contributed by atoms with Gasteiger partial charge in [0.05, 0.1) is 0 Å². The number of hydrogen-bond acceptors (Lipinski definition) is 6. The Morgan fingerprint density at radius 1 is 1.33 bits per heavy atom. The van der Waals surface area contributed by atoms with E-state index >= 15 is 0 Å². The molecule has 5 N–H and O–H groups in total. The molecule has 0 bridgehead atoms. The first-order valence-corrected chi connectivity index (χ1v) is 4.70. The first-order valence-electron chi connectivity index (χ1n) is 4.70. The Hall–Kier alpha value is -0.950. The molecule has 0 aromatic heterocycles. The first kappa shape index (κ1) is 14.1. The summed E-state index contributed by atoms with van der Waals surface area (Å²) in [5.74, 6) is 3.76. The van der Waals surface area contributed by atoms with Crippen LogP contribution in [-0.2, 0) is 9.63 Å². The van der Waals surface area contributed by atoms with Crippen LogP contribution < -0.4 is 21.8 Å². The third-order valence-corrected chi connectivity index (χ3v) is 2.48.